The SMILES string of the molecule is CCCNc1nc(SC(C)(C)C)nc(N2CCOCC2)n1. The molecule has 0 amide bonds. The fourth-order valence-corrected chi connectivity index (χ4v) is 2.69. The minimum absolute atomic E-state index is 0.0751. The quantitative estimate of drug-likeness (QED) is 0.838. The van der Waals surface area contributed by atoms with Crippen LogP contribution in [0.5, 0.6) is 0 Å². The first-order valence-electron chi connectivity index (χ1n) is 7.49. The number of nitrogens with one attached hydrogen (secondary N) is 1. The smallest absolute Gasteiger partial charge is 0.231 e. The monoisotopic (exact) mass is 311 g/mol. The van der Waals surface area contributed by atoms with Crippen LogP contribution in [0, 0.1) is 0 Å². The third-order valence-electron chi connectivity index (χ3n) is 2.83. The van der Waals surface area contributed by atoms with Gasteiger partial charge in [0.05, 0.1) is 13.2 Å². The minimum Gasteiger partial charge on any atom is -0.378 e. The van der Waals surface area contributed by atoms with Crippen LogP contribution in [0.25, 0.3) is 0 Å². The van der Waals surface area contributed by atoms with Crippen LogP contribution in [0.3, 0.4) is 0 Å². The Bertz CT molecular complexity index is 457. The molecule has 0 aliphatic carbocycles. The van der Waals surface area contributed by atoms with Gasteiger partial charge in [0.15, 0.2) is 5.16 Å². The van der Waals surface area contributed by atoms with Gasteiger partial charge in [-0.2, -0.15) is 15.0 Å². The Hall–Kier alpha value is -1.08. The first kappa shape index (κ1) is 16.3. The van der Waals surface area contributed by atoms with E-state index in [1.54, 1.807) is 11.8 Å². The molecule has 0 radical (unpaired) electrons. The predicted octanol–water partition coefficient (Wildman–Crippen LogP) is 2.42. The molecule has 0 unspecified atom stereocenters. The second-order valence-corrected chi connectivity index (χ2v) is 7.78. The summed E-state index contributed by atoms with van der Waals surface area (Å²) in [7, 11) is 0. The molecule has 0 spiro atoms. The Morgan fingerprint density at radius 2 is 1.90 bits per heavy atom. The summed E-state index contributed by atoms with van der Waals surface area (Å²) in [6.45, 7) is 12.6. The maximum absolute atomic E-state index is 5.39. The van der Waals surface area contributed by atoms with Gasteiger partial charge in [-0.3, -0.25) is 0 Å². The molecule has 6 nitrogen and oxygen atoms in total. The summed E-state index contributed by atoms with van der Waals surface area (Å²) < 4.78 is 5.47. The highest BCUT2D eigenvalue weighted by atomic mass is 32.2. The number of thioether (sulfide) groups is 1. The van der Waals surface area contributed by atoms with E-state index in [9.17, 15) is 0 Å². The number of aromatic nitrogens is 3. The lowest BCUT2D eigenvalue weighted by Crippen LogP contribution is -2.37. The number of rotatable bonds is 5. The van der Waals surface area contributed by atoms with Crippen molar-refractivity contribution in [3.8, 4) is 0 Å². The fraction of sp³-hybridized carbons (Fsp3) is 0.786. The summed E-state index contributed by atoms with van der Waals surface area (Å²) in [6, 6.07) is 0. The van der Waals surface area contributed by atoms with Crippen LogP contribution in [-0.4, -0.2) is 52.5 Å². The van der Waals surface area contributed by atoms with Crippen LogP contribution in [0.1, 0.15) is 34.1 Å². The number of nitrogens with zero attached hydrogens (tertiary/aromatic N) is 4. The molecule has 1 saturated heterocycles. The van der Waals surface area contributed by atoms with Crippen molar-refractivity contribution in [2.45, 2.75) is 44.0 Å². The maximum Gasteiger partial charge on any atom is 0.231 e. The summed E-state index contributed by atoms with van der Waals surface area (Å²) in [5.74, 6) is 1.42. The van der Waals surface area contributed by atoms with Gasteiger partial charge in [0, 0.05) is 24.4 Å². The van der Waals surface area contributed by atoms with E-state index < -0.39 is 0 Å². The molecule has 1 aliphatic rings. The summed E-state index contributed by atoms with van der Waals surface area (Å²) in [5, 5.41) is 4.04. The number of hydrogen-bond acceptors (Lipinski definition) is 7. The van der Waals surface area contributed by atoms with Gasteiger partial charge in [-0.25, -0.2) is 0 Å². The van der Waals surface area contributed by atoms with Crippen LogP contribution in [-0.2, 0) is 4.74 Å². The fourth-order valence-electron chi connectivity index (χ4n) is 1.89. The highest BCUT2D eigenvalue weighted by Gasteiger charge is 2.20. The Labute approximate surface area is 131 Å². The Balaban J connectivity index is 2.22. The molecule has 2 heterocycles. The molecular weight excluding hydrogens is 286 g/mol. The number of hydrogen-bond donors (Lipinski definition) is 1. The molecule has 118 valence electrons. The zero-order valence-electron chi connectivity index (χ0n) is 13.3. The largest absolute Gasteiger partial charge is 0.378 e. The lowest BCUT2D eigenvalue weighted by molar-refractivity contribution is 0.122. The number of morpholine rings is 1. The van der Waals surface area contributed by atoms with E-state index in [-0.39, 0.29) is 4.75 Å². The molecular formula is C14H25N5OS. The van der Waals surface area contributed by atoms with Gasteiger partial charge >= 0.3 is 0 Å². The Kier molecular flexibility index (Phi) is 5.64. The molecule has 1 aromatic rings. The van der Waals surface area contributed by atoms with Crippen molar-refractivity contribution < 1.29 is 4.74 Å². The van der Waals surface area contributed by atoms with Crippen LogP contribution in [0.2, 0.25) is 0 Å². The zero-order chi connectivity index (χ0) is 15.3. The first-order chi connectivity index (χ1) is 9.98. The van der Waals surface area contributed by atoms with E-state index in [0.29, 0.717) is 5.95 Å². The van der Waals surface area contributed by atoms with Crippen molar-refractivity contribution in [2.24, 2.45) is 0 Å². The van der Waals surface area contributed by atoms with E-state index in [4.69, 9.17) is 4.74 Å². The van der Waals surface area contributed by atoms with Crippen LogP contribution >= 0.6 is 11.8 Å². The van der Waals surface area contributed by atoms with Gasteiger partial charge in [0.25, 0.3) is 0 Å². The van der Waals surface area contributed by atoms with Gasteiger partial charge in [-0.15, -0.1) is 0 Å². The van der Waals surface area contributed by atoms with E-state index in [1.807, 2.05) is 0 Å². The molecule has 0 bridgehead atoms. The summed E-state index contributed by atoms with van der Waals surface area (Å²) in [6.07, 6.45) is 1.04. The first-order valence-corrected chi connectivity index (χ1v) is 8.31. The van der Waals surface area contributed by atoms with E-state index >= 15 is 0 Å². The van der Waals surface area contributed by atoms with Gasteiger partial charge in [-0.1, -0.05) is 39.5 Å². The van der Waals surface area contributed by atoms with Crippen molar-refractivity contribution in [3.05, 3.63) is 0 Å². The topological polar surface area (TPSA) is 63.2 Å². The van der Waals surface area contributed by atoms with E-state index in [1.165, 1.54) is 0 Å². The van der Waals surface area contributed by atoms with Crippen molar-refractivity contribution >= 4 is 23.7 Å². The molecule has 0 aromatic carbocycles. The lowest BCUT2D eigenvalue weighted by atomic mass is 10.3. The average Bonchev–Trinajstić information content (AvgIpc) is 2.44. The number of ether oxygens (including phenoxy) is 1. The van der Waals surface area contributed by atoms with Crippen LogP contribution in [0.4, 0.5) is 11.9 Å². The average molecular weight is 311 g/mol. The van der Waals surface area contributed by atoms with Crippen molar-refractivity contribution in [2.75, 3.05) is 43.1 Å². The summed E-state index contributed by atoms with van der Waals surface area (Å²) >= 11 is 1.67. The predicted molar refractivity (Wildman–Crippen MR) is 87.2 cm³/mol. The van der Waals surface area contributed by atoms with Gasteiger partial charge in [-0.05, 0) is 6.42 Å². The molecule has 0 saturated carbocycles. The molecule has 1 N–H and O–H groups in total. The molecule has 0 atom stereocenters. The van der Waals surface area contributed by atoms with Gasteiger partial charge < -0.3 is 15.0 Å². The van der Waals surface area contributed by atoms with Crippen molar-refractivity contribution in [1.82, 2.24) is 15.0 Å². The minimum atomic E-state index is 0.0751. The molecule has 1 fully saturated rings. The molecule has 1 aliphatic heterocycles. The van der Waals surface area contributed by atoms with Gasteiger partial charge in [0.1, 0.15) is 0 Å². The molecule has 7 heteroatoms. The standard InChI is InChI=1S/C14H25N5OS/c1-5-6-15-11-16-12(19-7-9-20-10-8-19)18-13(17-11)21-14(2,3)4/h5-10H2,1-4H3,(H,15,16,17,18). The molecule has 2 rings (SSSR count). The van der Waals surface area contributed by atoms with Crippen LogP contribution < -0.4 is 10.2 Å². The zero-order valence-corrected chi connectivity index (χ0v) is 14.2. The van der Waals surface area contributed by atoms with Gasteiger partial charge in [0.2, 0.25) is 11.9 Å². The second kappa shape index (κ2) is 7.26. The summed E-state index contributed by atoms with van der Waals surface area (Å²) in [5.41, 5.74) is 0. The second-order valence-electron chi connectivity index (χ2n) is 5.98. The molecule has 1 aromatic heterocycles. The van der Waals surface area contributed by atoms with E-state index in [0.717, 1.165) is 50.4 Å². The maximum atomic E-state index is 5.39. The third kappa shape index (κ3) is 5.32. The lowest BCUT2D eigenvalue weighted by Gasteiger charge is -2.27. The molecule has 21 heavy (non-hydrogen) atoms. The van der Waals surface area contributed by atoms with E-state index in [2.05, 4.69) is 52.9 Å². The van der Waals surface area contributed by atoms with Crippen molar-refractivity contribution in [3.63, 3.8) is 0 Å². The third-order valence-corrected chi connectivity index (χ3v) is 3.81. The van der Waals surface area contributed by atoms with Crippen molar-refractivity contribution in [1.29, 1.82) is 0 Å². The Morgan fingerprint density at radius 3 is 2.52 bits per heavy atom. The highest BCUT2D eigenvalue weighted by Crippen LogP contribution is 2.30. The Morgan fingerprint density at radius 1 is 1.19 bits per heavy atom. The highest BCUT2D eigenvalue weighted by molar-refractivity contribution is 8.00. The number of anilines is 2. The normalized spacial score (nSPS) is 16.1. The van der Waals surface area contributed by atoms with Crippen LogP contribution in [0.15, 0.2) is 5.16 Å². The summed E-state index contributed by atoms with van der Waals surface area (Å²) in [4.78, 5) is 15.9.